The number of aromatic nitrogens is 2. The van der Waals surface area contributed by atoms with E-state index in [1.807, 2.05) is 37.3 Å². The van der Waals surface area contributed by atoms with E-state index in [9.17, 15) is 18.7 Å². The van der Waals surface area contributed by atoms with E-state index >= 15 is 0 Å². The lowest BCUT2D eigenvalue weighted by Crippen LogP contribution is -2.30. The van der Waals surface area contributed by atoms with Crippen LogP contribution in [-0.2, 0) is 10.0 Å². The highest BCUT2D eigenvalue weighted by Crippen LogP contribution is 2.41. The van der Waals surface area contributed by atoms with Gasteiger partial charge in [-0.15, -0.1) is 11.3 Å². The number of nitrogens with one attached hydrogen (secondary N) is 2. The summed E-state index contributed by atoms with van der Waals surface area (Å²) in [6.07, 6.45) is 0.685. The van der Waals surface area contributed by atoms with E-state index in [1.165, 1.54) is 9.69 Å². The van der Waals surface area contributed by atoms with Crippen molar-refractivity contribution in [1.82, 2.24) is 9.46 Å². The molecule has 0 fully saturated rings. The van der Waals surface area contributed by atoms with Gasteiger partial charge in [-0.3, -0.25) is 5.32 Å². The van der Waals surface area contributed by atoms with Gasteiger partial charge in [0, 0.05) is 18.5 Å². The average molecular weight is 468 g/mol. The van der Waals surface area contributed by atoms with Gasteiger partial charge < -0.3 is 20.3 Å². The van der Waals surface area contributed by atoms with Gasteiger partial charge >= 0.3 is 11.6 Å². The molecule has 0 saturated carbocycles. The third kappa shape index (κ3) is 4.60. The predicted octanol–water partition coefficient (Wildman–Crippen LogP) is 3.41. The smallest absolute Gasteiger partial charge is 0.320 e. The molecule has 168 valence electrons. The third-order valence-corrected chi connectivity index (χ3v) is 8.34. The van der Waals surface area contributed by atoms with Gasteiger partial charge in [0.15, 0.2) is 9.96 Å². The summed E-state index contributed by atoms with van der Waals surface area (Å²) in [5.74, 6) is -0.378. The number of hydrogen-bond acceptors (Lipinski definition) is 9. The van der Waals surface area contributed by atoms with Crippen molar-refractivity contribution in [3.63, 3.8) is 0 Å². The summed E-state index contributed by atoms with van der Waals surface area (Å²) in [5.41, 5.74) is 1.09. The molecule has 0 aliphatic carbocycles. The number of thiophene rings is 1. The highest BCUT2D eigenvalue weighted by Gasteiger charge is 2.30. The zero-order chi connectivity index (χ0) is 22.6. The number of anilines is 3. The molecule has 3 N–H and O–H groups in total. The molecular formula is C19H25N5O5S2. The Morgan fingerprint density at radius 1 is 1.26 bits per heavy atom. The van der Waals surface area contributed by atoms with Crippen LogP contribution in [0.2, 0.25) is 0 Å². The second kappa shape index (κ2) is 9.54. The van der Waals surface area contributed by atoms with Crippen LogP contribution in [0.25, 0.3) is 0 Å². The van der Waals surface area contributed by atoms with Crippen molar-refractivity contribution < 1.29 is 23.1 Å². The fraction of sp³-hybridized carbons (Fsp3) is 0.368. The van der Waals surface area contributed by atoms with Crippen LogP contribution >= 0.6 is 11.3 Å². The zero-order valence-corrected chi connectivity index (χ0v) is 19.0. The van der Waals surface area contributed by atoms with Gasteiger partial charge in [0.05, 0.1) is 11.7 Å². The maximum atomic E-state index is 12.7. The Morgan fingerprint density at radius 3 is 2.55 bits per heavy atom. The normalized spacial score (nSPS) is 12.8. The van der Waals surface area contributed by atoms with Gasteiger partial charge in [0.2, 0.25) is 0 Å². The van der Waals surface area contributed by atoms with Gasteiger partial charge in [-0.05, 0) is 17.1 Å². The van der Waals surface area contributed by atoms with Crippen LogP contribution in [0.15, 0.2) is 44.6 Å². The van der Waals surface area contributed by atoms with Crippen molar-refractivity contribution in [2.24, 2.45) is 0 Å². The maximum Gasteiger partial charge on any atom is 0.320 e. The second-order valence-electron chi connectivity index (χ2n) is 6.64. The maximum absolute atomic E-state index is 12.7. The molecule has 0 aliphatic heterocycles. The van der Waals surface area contributed by atoms with Crippen LogP contribution < -0.4 is 15.5 Å². The fourth-order valence-corrected chi connectivity index (χ4v) is 5.97. The van der Waals surface area contributed by atoms with Gasteiger partial charge in [-0.2, -0.15) is 4.31 Å². The van der Waals surface area contributed by atoms with Crippen molar-refractivity contribution in [2.45, 2.75) is 37.4 Å². The predicted molar refractivity (Wildman–Crippen MR) is 118 cm³/mol. The zero-order valence-electron chi connectivity index (χ0n) is 17.4. The lowest BCUT2D eigenvalue weighted by molar-refractivity contribution is -0.791. The van der Waals surface area contributed by atoms with E-state index in [2.05, 4.69) is 15.8 Å². The Labute approximate surface area is 184 Å². The summed E-state index contributed by atoms with van der Waals surface area (Å²) in [6.45, 7) is 5.98. The number of rotatable bonds is 10. The molecule has 1 aromatic carbocycles. The molecule has 0 unspecified atom stereocenters. The summed E-state index contributed by atoms with van der Waals surface area (Å²) >= 11 is 0.884. The molecule has 1 atom stereocenters. The number of sulfonamides is 1. The molecular weight excluding hydrogens is 442 g/mol. The molecule has 31 heavy (non-hydrogen) atoms. The van der Waals surface area contributed by atoms with E-state index in [4.69, 9.17) is 4.63 Å². The third-order valence-electron chi connectivity index (χ3n) is 4.80. The van der Waals surface area contributed by atoms with E-state index < -0.39 is 15.8 Å². The van der Waals surface area contributed by atoms with Crippen molar-refractivity contribution in [1.29, 1.82) is 0 Å². The minimum absolute atomic E-state index is 0.0226. The first-order chi connectivity index (χ1) is 14.8. The summed E-state index contributed by atoms with van der Waals surface area (Å²) in [7, 11) is -3.83. The molecule has 3 rings (SSSR count). The van der Waals surface area contributed by atoms with Crippen molar-refractivity contribution >= 4 is 38.7 Å². The van der Waals surface area contributed by atoms with Crippen LogP contribution in [0.4, 0.5) is 17.3 Å². The molecule has 0 bridgehead atoms. The largest absolute Gasteiger partial charge is 0.504 e. The molecule has 0 aliphatic rings. The summed E-state index contributed by atoms with van der Waals surface area (Å²) in [5, 5.41) is 33.8. The van der Waals surface area contributed by atoms with Gasteiger partial charge in [-0.25, -0.2) is 8.42 Å². The van der Waals surface area contributed by atoms with Crippen molar-refractivity contribution in [3.8, 4) is 5.75 Å². The lowest BCUT2D eigenvalue weighted by atomic mass is 10.0. The molecule has 3 aromatic rings. The quantitative estimate of drug-likeness (QED) is 0.386. The highest BCUT2D eigenvalue weighted by atomic mass is 32.2. The first-order valence-corrected chi connectivity index (χ1v) is 12.1. The molecule has 0 spiro atoms. The molecule has 0 amide bonds. The minimum Gasteiger partial charge on any atom is -0.504 e. The van der Waals surface area contributed by atoms with Gasteiger partial charge in [0.1, 0.15) is 0 Å². The monoisotopic (exact) mass is 467 g/mol. The molecule has 2 heterocycles. The van der Waals surface area contributed by atoms with Crippen molar-refractivity contribution in [3.05, 3.63) is 46.5 Å². The Kier molecular flexibility index (Phi) is 7.03. The Bertz CT molecular complexity index is 1110. The van der Waals surface area contributed by atoms with Gasteiger partial charge in [-0.1, -0.05) is 56.0 Å². The number of aromatic hydroxyl groups is 1. The lowest BCUT2D eigenvalue weighted by Gasteiger charge is -2.17. The number of benzene rings is 1. The molecule has 2 aromatic heterocycles. The van der Waals surface area contributed by atoms with E-state index in [0.717, 1.165) is 16.9 Å². The van der Waals surface area contributed by atoms with Crippen LogP contribution in [-0.4, -0.2) is 36.1 Å². The Morgan fingerprint density at radius 2 is 1.94 bits per heavy atom. The first-order valence-electron chi connectivity index (χ1n) is 9.82. The van der Waals surface area contributed by atoms with Crippen molar-refractivity contribution in [2.75, 3.05) is 23.7 Å². The average Bonchev–Trinajstić information content (AvgIpc) is 3.30. The Hall–Kier alpha value is -2.83. The van der Waals surface area contributed by atoms with Crippen LogP contribution in [0, 0.1) is 5.21 Å². The topological polar surface area (TPSA) is 135 Å². The summed E-state index contributed by atoms with van der Waals surface area (Å²) in [4.78, 5) is 0.227. The van der Waals surface area contributed by atoms with E-state index in [0.29, 0.717) is 6.42 Å². The number of hydrogen-bond donors (Lipinski definition) is 3. The van der Waals surface area contributed by atoms with Crippen LogP contribution in [0.1, 0.15) is 38.8 Å². The van der Waals surface area contributed by atoms with Gasteiger partial charge in [0.25, 0.3) is 10.0 Å². The molecule has 0 saturated heterocycles. The minimum atomic E-state index is -3.83. The van der Waals surface area contributed by atoms with E-state index in [1.54, 1.807) is 13.8 Å². The summed E-state index contributed by atoms with van der Waals surface area (Å²) in [6, 6.07) is 9.39. The highest BCUT2D eigenvalue weighted by molar-refractivity contribution is 7.91. The van der Waals surface area contributed by atoms with Crippen LogP contribution in [0.5, 0.6) is 5.75 Å². The SMILES string of the molecule is CC[C@@H](Nc1c(Nc2csc(S(=O)(=O)N(CC)CC)c2O)no[n+]1[O-])c1ccccc1. The Balaban J connectivity index is 1.88. The first kappa shape index (κ1) is 22.8. The standard InChI is InChI=1S/C19H25N5O5S2/c1-4-14(13-10-8-7-9-11-13)21-18-17(22-29-24(18)26)20-15-12-30-19(16(15)25)31(27,28)23(5-2)6-3/h7-12,14,21,25H,4-6H2,1-3H3,(H,20,22)/t14-/m1/s1. The molecule has 12 heteroatoms. The second-order valence-corrected chi connectivity index (χ2v) is 9.66. The fourth-order valence-electron chi connectivity index (χ4n) is 3.14. The van der Waals surface area contributed by atoms with Crippen LogP contribution in [0.3, 0.4) is 0 Å². The summed E-state index contributed by atoms with van der Waals surface area (Å²) < 4.78 is 31.3. The molecule has 0 radical (unpaired) electrons. The molecule has 10 nitrogen and oxygen atoms in total. The number of nitrogens with zero attached hydrogens (tertiary/aromatic N) is 3. The van der Waals surface area contributed by atoms with E-state index in [-0.39, 0.29) is 45.6 Å².